The molecule has 4 nitrogen and oxygen atoms in total. The Labute approximate surface area is 392 Å². The van der Waals surface area contributed by atoms with Crippen LogP contribution in [0.2, 0.25) is 0 Å². The Morgan fingerprint density at radius 3 is 1.96 bits per heavy atom. The standard InChI is InChI=1S/C62H52BN2O2/c1-60(2,3)38-22-24-39(25-23-38)64-50-34-48-47(61(4,5)28-29-62(48,6)7)30-43(50)41-26-27-42-44-33-54-45(40-20-14-15-21-53(40)66-54)31-51(44)65-52-32-46-55(35-49(52)63-57(41)58(42)65)67-59(37-18-12-9-13-19-37)56(46)36-16-10-8-11-17-36/h8-27,30-35,64H,28-29H2,1-7H3. The smallest absolute Gasteiger partial charge is 0.198 e. The Bertz CT molecular complexity index is 3820. The zero-order chi connectivity index (χ0) is 45.6. The van der Waals surface area contributed by atoms with Gasteiger partial charge in [-0.1, -0.05) is 157 Å². The zero-order valence-electron chi connectivity index (χ0n) is 39.3. The summed E-state index contributed by atoms with van der Waals surface area (Å²) in [5.41, 5.74) is 20.6. The van der Waals surface area contributed by atoms with Gasteiger partial charge in [-0.2, -0.15) is 0 Å². The number of furan rings is 2. The van der Waals surface area contributed by atoms with Crippen LogP contribution in [0.25, 0.3) is 94.0 Å². The van der Waals surface area contributed by atoms with Crippen molar-refractivity contribution in [2.24, 2.45) is 0 Å². The van der Waals surface area contributed by atoms with Crippen molar-refractivity contribution < 1.29 is 8.83 Å². The Morgan fingerprint density at radius 1 is 0.552 bits per heavy atom. The average Bonchev–Trinajstić information content (AvgIpc) is 3.99. The number of para-hydroxylation sites is 1. The van der Waals surface area contributed by atoms with Gasteiger partial charge in [-0.3, -0.25) is 0 Å². The molecule has 2 aliphatic rings. The van der Waals surface area contributed by atoms with Crippen LogP contribution in [-0.4, -0.2) is 11.8 Å². The molecule has 0 spiro atoms. The predicted molar refractivity (Wildman–Crippen MR) is 283 cm³/mol. The summed E-state index contributed by atoms with van der Waals surface area (Å²) in [6, 6.07) is 57.7. The van der Waals surface area contributed by atoms with Gasteiger partial charge in [0.25, 0.3) is 0 Å². The van der Waals surface area contributed by atoms with Gasteiger partial charge in [0.2, 0.25) is 0 Å². The van der Waals surface area contributed by atoms with Crippen molar-refractivity contribution in [3.63, 3.8) is 0 Å². The molecule has 1 aliphatic carbocycles. The maximum absolute atomic E-state index is 7.01. The first-order valence-electron chi connectivity index (χ1n) is 23.9. The van der Waals surface area contributed by atoms with Gasteiger partial charge in [0.15, 0.2) is 7.28 Å². The van der Waals surface area contributed by atoms with Crippen molar-refractivity contribution in [3.05, 3.63) is 174 Å². The molecule has 5 heteroatoms. The van der Waals surface area contributed by atoms with E-state index in [0.717, 1.165) is 96.2 Å². The van der Waals surface area contributed by atoms with E-state index >= 15 is 0 Å². The first-order chi connectivity index (χ1) is 32.3. The number of aromatic nitrogens is 1. The number of hydrogen-bond acceptors (Lipinski definition) is 3. The fourth-order valence-corrected chi connectivity index (χ4v) is 11.4. The number of fused-ring (bicyclic) bond motifs is 10. The summed E-state index contributed by atoms with van der Waals surface area (Å²) < 4.78 is 16.1. The number of anilines is 2. The molecule has 1 radical (unpaired) electrons. The molecule has 4 heterocycles. The first kappa shape index (κ1) is 40.1. The molecular formula is C62H52BN2O2. The van der Waals surface area contributed by atoms with Crippen molar-refractivity contribution in [1.82, 2.24) is 4.57 Å². The van der Waals surface area contributed by atoms with Gasteiger partial charge < -0.3 is 18.7 Å². The van der Waals surface area contributed by atoms with E-state index in [1.165, 1.54) is 49.6 Å². The van der Waals surface area contributed by atoms with Crippen molar-refractivity contribution in [1.29, 1.82) is 0 Å². The Morgan fingerprint density at radius 2 is 1.22 bits per heavy atom. The van der Waals surface area contributed by atoms with Gasteiger partial charge in [0.05, 0.1) is 5.52 Å². The number of hydrogen-bond donors (Lipinski definition) is 1. The normalized spacial score (nSPS) is 15.0. The van der Waals surface area contributed by atoms with E-state index in [0.29, 0.717) is 0 Å². The summed E-state index contributed by atoms with van der Waals surface area (Å²) in [4.78, 5) is 0. The summed E-state index contributed by atoms with van der Waals surface area (Å²) in [5, 5.41) is 9.69. The van der Waals surface area contributed by atoms with E-state index < -0.39 is 0 Å². The predicted octanol–water partition coefficient (Wildman–Crippen LogP) is 15.8. The zero-order valence-corrected chi connectivity index (χ0v) is 39.3. The van der Waals surface area contributed by atoms with Crippen LogP contribution in [0.4, 0.5) is 11.4 Å². The third-order valence-electron chi connectivity index (χ3n) is 15.3. The second kappa shape index (κ2) is 14.1. The van der Waals surface area contributed by atoms with E-state index in [1.807, 2.05) is 0 Å². The molecule has 0 fully saturated rings. The summed E-state index contributed by atoms with van der Waals surface area (Å²) in [6.45, 7) is 16.5. The van der Waals surface area contributed by atoms with Gasteiger partial charge in [0, 0.05) is 66.2 Å². The molecule has 0 unspecified atom stereocenters. The lowest BCUT2D eigenvalue weighted by molar-refractivity contribution is 0.332. The lowest BCUT2D eigenvalue weighted by Gasteiger charge is -2.42. The fraction of sp³-hybridized carbons (Fsp3) is 0.194. The Balaban J connectivity index is 1.11. The topological polar surface area (TPSA) is 43.2 Å². The van der Waals surface area contributed by atoms with Crippen molar-refractivity contribution in [2.75, 3.05) is 5.32 Å². The summed E-state index contributed by atoms with van der Waals surface area (Å²) in [7, 11) is 2.42. The van der Waals surface area contributed by atoms with E-state index in [2.05, 4.69) is 223 Å². The maximum Gasteiger partial charge on any atom is 0.198 e. The highest BCUT2D eigenvalue weighted by atomic mass is 16.3. The molecule has 0 bridgehead atoms. The molecule has 1 N–H and O–H groups in total. The van der Waals surface area contributed by atoms with Crippen LogP contribution in [0, 0.1) is 0 Å². The molecule has 0 atom stereocenters. The van der Waals surface area contributed by atoms with Crippen LogP contribution < -0.4 is 16.2 Å². The minimum Gasteiger partial charge on any atom is -0.456 e. The van der Waals surface area contributed by atoms with Gasteiger partial charge in [0.1, 0.15) is 22.5 Å². The van der Waals surface area contributed by atoms with Crippen molar-refractivity contribution >= 4 is 84.3 Å². The number of benzene rings is 8. The van der Waals surface area contributed by atoms with Crippen LogP contribution >= 0.6 is 0 Å². The van der Waals surface area contributed by atoms with Gasteiger partial charge >= 0.3 is 0 Å². The average molecular weight is 868 g/mol. The van der Waals surface area contributed by atoms with Crippen LogP contribution in [-0.2, 0) is 16.2 Å². The summed E-state index contributed by atoms with van der Waals surface area (Å²) in [6.07, 6.45) is 2.28. The summed E-state index contributed by atoms with van der Waals surface area (Å²) in [5.74, 6) is 0.877. The highest BCUT2D eigenvalue weighted by Gasteiger charge is 2.39. The maximum atomic E-state index is 7.01. The van der Waals surface area contributed by atoms with E-state index in [4.69, 9.17) is 8.83 Å². The highest BCUT2D eigenvalue weighted by Crippen LogP contribution is 2.50. The Hall–Kier alpha value is -7.24. The van der Waals surface area contributed by atoms with Gasteiger partial charge in [-0.05, 0) is 117 Å². The van der Waals surface area contributed by atoms with Gasteiger partial charge in [-0.15, -0.1) is 0 Å². The number of nitrogens with zero attached hydrogens (tertiary/aromatic N) is 1. The molecule has 0 saturated heterocycles. The molecule has 3 aromatic heterocycles. The third kappa shape index (κ3) is 6.13. The largest absolute Gasteiger partial charge is 0.456 e. The third-order valence-corrected chi connectivity index (χ3v) is 15.3. The quantitative estimate of drug-likeness (QED) is 0.175. The van der Waals surface area contributed by atoms with Crippen LogP contribution in [0.3, 0.4) is 0 Å². The lowest BCUT2D eigenvalue weighted by Crippen LogP contribution is -2.37. The SMILES string of the molecule is CC(C)(C)c1ccc(Nc2cc3c(cc2-c2ccc4c5cc6oc7ccccc7c6cc5n5c4c2[B]c2cc4oc(-c6ccccc6)c(-c6ccccc6)c4cc2-5)C(C)(C)CCC3(C)C)cc1. The second-order valence-corrected chi connectivity index (χ2v) is 21.5. The highest BCUT2D eigenvalue weighted by molar-refractivity contribution is 6.73. The molecule has 1 aliphatic heterocycles. The molecule has 11 aromatic rings. The molecule has 8 aromatic carbocycles. The number of nitrogens with one attached hydrogen (secondary N) is 1. The van der Waals surface area contributed by atoms with Crippen LogP contribution in [0.5, 0.6) is 0 Å². The molecule has 0 saturated carbocycles. The minimum atomic E-state index is 0.0215. The van der Waals surface area contributed by atoms with Crippen molar-refractivity contribution in [3.8, 4) is 39.3 Å². The van der Waals surface area contributed by atoms with E-state index in [1.54, 1.807) is 0 Å². The Kier molecular flexibility index (Phi) is 8.46. The summed E-state index contributed by atoms with van der Waals surface area (Å²) >= 11 is 0. The molecule has 13 rings (SSSR count). The van der Waals surface area contributed by atoms with Crippen LogP contribution in [0.1, 0.15) is 78.0 Å². The molecule has 325 valence electrons. The van der Waals surface area contributed by atoms with E-state index in [-0.39, 0.29) is 16.2 Å². The van der Waals surface area contributed by atoms with E-state index in [9.17, 15) is 0 Å². The number of rotatable bonds is 5. The molecule has 0 amide bonds. The fourth-order valence-electron chi connectivity index (χ4n) is 11.4. The van der Waals surface area contributed by atoms with Crippen molar-refractivity contribution in [2.45, 2.75) is 77.6 Å². The van der Waals surface area contributed by atoms with Gasteiger partial charge in [-0.25, -0.2) is 0 Å². The molecular weight excluding hydrogens is 816 g/mol. The minimum absolute atomic E-state index is 0.0215. The monoisotopic (exact) mass is 867 g/mol. The molecule has 67 heavy (non-hydrogen) atoms. The first-order valence-corrected chi connectivity index (χ1v) is 23.9. The van der Waals surface area contributed by atoms with Crippen LogP contribution in [0.15, 0.2) is 167 Å². The second-order valence-electron chi connectivity index (χ2n) is 21.5. The lowest BCUT2D eigenvalue weighted by atomic mass is 9.58.